The van der Waals surface area contributed by atoms with Crippen LogP contribution in [0.15, 0.2) is 57.7 Å². The molecule has 21 nitrogen and oxygen atoms in total. The molecule has 0 radical (unpaired) electrons. The normalized spacial score (nSPS) is 15.8. The minimum absolute atomic E-state index is 0.214. The number of ether oxygens (including phenoxy) is 4. The van der Waals surface area contributed by atoms with Crippen LogP contribution in [0.4, 0.5) is 23.3 Å². The van der Waals surface area contributed by atoms with Crippen LogP contribution in [0.25, 0.3) is 44.8 Å². The molecular formula is C67H96Br2N16O5Si4. The summed E-state index contributed by atoms with van der Waals surface area (Å²) in [7, 11) is -5.47. The van der Waals surface area contributed by atoms with E-state index in [0.717, 1.165) is 177 Å². The summed E-state index contributed by atoms with van der Waals surface area (Å²) in [6.45, 7) is 37.3. The predicted octanol–water partition coefficient (Wildman–Crippen LogP) is 14.7. The van der Waals surface area contributed by atoms with Crippen molar-refractivity contribution in [2.45, 2.75) is 194 Å². The number of carbonyl (C=O) groups excluding carboxylic acids is 1. The number of nitrogens with zero attached hydrogens (tertiary/aromatic N) is 16. The van der Waals surface area contributed by atoms with Crippen molar-refractivity contribution in [3.05, 3.63) is 91.9 Å². The third-order valence-electron chi connectivity index (χ3n) is 18.3. The molecule has 12 rings (SSSR count). The monoisotopic (exact) mass is 1470 g/mol. The Balaban J connectivity index is 0.910. The summed E-state index contributed by atoms with van der Waals surface area (Å²) in [6, 6.07) is 16.7. The van der Waals surface area contributed by atoms with Gasteiger partial charge in [0.1, 0.15) is 49.9 Å². The highest BCUT2D eigenvalue weighted by molar-refractivity contribution is 9.10. The number of anilines is 4. The number of rotatable bonds is 28. The number of imidazole rings is 2. The van der Waals surface area contributed by atoms with Crippen LogP contribution in [0.5, 0.6) is 0 Å². The van der Waals surface area contributed by atoms with Crippen LogP contribution in [-0.2, 0) is 72.0 Å². The van der Waals surface area contributed by atoms with Crippen molar-refractivity contribution >= 4 is 115 Å². The molecule has 4 aliphatic heterocycles. The number of fused-ring (bicyclic) bond motifs is 4. The van der Waals surface area contributed by atoms with Gasteiger partial charge in [0.05, 0.1) is 72.4 Å². The summed E-state index contributed by atoms with van der Waals surface area (Å²) in [5.74, 6) is 3.58. The van der Waals surface area contributed by atoms with E-state index in [2.05, 4.69) is 176 Å². The molecule has 2 aromatic carbocycles. The van der Waals surface area contributed by atoms with Crippen molar-refractivity contribution in [2.75, 3.05) is 72.2 Å². The van der Waals surface area contributed by atoms with Crippen LogP contribution in [0, 0.1) is 0 Å². The highest BCUT2D eigenvalue weighted by Gasteiger charge is 2.38. The highest BCUT2D eigenvalue weighted by atomic mass is 79.9. The first kappa shape index (κ1) is 68.4. The zero-order valence-electron chi connectivity index (χ0n) is 57.5. The molecule has 0 N–H and O–H groups in total. The maximum Gasteiger partial charge on any atom is 0.237 e. The molecule has 27 heteroatoms. The number of benzene rings is 2. The maximum absolute atomic E-state index is 16.1. The van der Waals surface area contributed by atoms with Crippen molar-refractivity contribution in [1.29, 1.82) is 0 Å². The molecule has 0 unspecified atom stereocenters. The van der Waals surface area contributed by atoms with E-state index in [-0.39, 0.29) is 30.6 Å². The molecule has 2 fully saturated rings. The zero-order chi connectivity index (χ0) is 66.3. The predicted molar refractivity (Wildman–Crippen MR) is 393 cm³/mol. The van der Waals surface area contributed by atoms with Crippen molar-refractivity contribution in [1.82, 2.24) is 58.6 Å². The van der Waals surface area contributed by atoms with Gasteiger partial charge in [-0.05, 0) is 99.1 Å². The van der Waals surface area contributed by atoms with Crippen LogP contribution >= 0.6 is 31.9 Å². The Kier molecular flexibility index (Phi) is 20.8. The molecule has 0 atom stereocenters. The molecule has 6 aromatic heterocycles. The van der Waals surface area contributed by atoms with E-state index in [1.54, 1.807) is 12.4 Å². The van der Waals surface area contributed by atoms with Gasteiger partial charge in [0.25, 0.3) is 0 Å². The van der Waals surface area contributed by atoms with Gasteiger partial charge in [-0.2, -0.15) is 10.2 Å². The molecule has 0 amide bonds. The molecule has 10 heterocycles. The molecule has 0 spiro atoms. The van der Waals surface area contributed by atoms with Crippen LogP contribution < -0.4 is 19.6 Å². The summed E-state index contributed by atoms with van der Waals surface area (Å²) in [6.07, 6.45) is 10.1. The van der Waals surface area contributed by atoms with Crippen molar-refractivity contribution in [2.24, 2.45) is 0 Å². The fourth-order valence-electron chi connectivity index (χ4n) is 12.6. The van der Waals surface area contributed by atoms with Gasteiger partial charge in [-0.25, -0.2) is 39.3 Å². The Bertz CT molecular complexity index is 3770. The van der Waals surface area contributed by atoms with Gasteiger partial charge in [-0.3, -0.25) is 4.79 Å². The van der Waals surface area contributed by atoms with E-state index in [1.807, 2.05) is 9.36 Å². The summed E-state index contributed by atoms with van der Waals surface area (Å²) >= 11 is 7.49. The Labute approximate surface area is 575 Å². The SMILES string of the molecule is C[Si](C)(C)CCOCn1c(-c2nn(COCC[Si](C)(C)C)c3cc(Br)ccc23)nc2c1CN(c1nc(N3CCCCC3)cnc1C(=O)c1ncc(N3CCCCC3)nc1N1Cc3nc(-c4nn(COCC[Si](C)(C)C)c5cc(Br)ccc45)n(COCC[Si](C)(C)C)c3C1)C2. The van der Waals surface area contributed by atoms with E-state index in [0.29, 0.717) is 77.7 Å². The molecule has 0 saturated carbocycles. The molecular weight excluding hydrogens is 1380 g/mol. The second kappa shape index (κ2) is 28.5. The fraction of sp³-hybridized carbons (Fsp3) is 0.567. The molecule has 8 aromatic rings. The Morgan fingerprint density at radius 2 is 0.819 bits per heavy atom. The quantitative estimate of drug-likeness (QED) is 0.0255. The average molecular weight is 1480 g/mol. The first-order valence-corrected chi connectivity index (χ1v) is 50.3. The van der Waals surface area contributed by atoms with Gasteiger partial charge in [0, 0.05) is 105 Å². The molecule has 4 aliphatic rings. The van der Waals surface area contributed by atoms with Gasteiger partial charge in [-0.15, -0.1) is 0 Å². The van der Waals surface area contributed by atoms with Crippen molar-refractivity contribution < 1.29 is 23.7 Å². The number of aromatic nitrogens is 12. The van der Waals surface area contributed by atoms with Gasteiger partial charge in [0.15, 0.2) is 34.7 Å². The van der Waals surface area contributed by atoms with E-state index in [9.17, 15) is 0 Å². The minimum atomic E-state index is -1.42. The second-order valence-electron chi connectivity index (χ2n) is 30.9. The van der Waals surface area contributed by atoms with Crippen LogP contribution in [-0.4, -0.2) is 149 Å². The summed E-state index contributed by atoms with van der Waals surface area (Å²) < 4.78 is 36.2. The maximum atomic E-state index is 16.1. The van der Waals surface area contributed by atoms with Gasteiger partial charge in [-0.1, -0.05) is 110 Å². The first-order chi connectivity index (χ1) is 44.8. The average Bonchev–Trinajstić information content (AvgIpc) is 1.56. The lowest BCUT2D eigenvalue weighted by Crippen LogP contribution is -2.32. The molecule has 2 saturated heterocycles. The fourth-order valence-corrected chi connectivity index (χ4v) is 16.3. The molecule has 94 heavy (non-hydrogen) atoms. The number of hydrogen-bond acceptors (Lipinski definition) is 17. The highest BCUT2D eigenvalue weighted by Crippen LogP contribution is 2.41. The third kappa shape index (κ3) is 16.0. The lowest BCUT2D eigenvalue weighted by Gasteiger charge is -2.30. The first-order valence-electron chi connectivity index (χ1n) is 33.9. The zero-order valence-corrected chi connectivity index (χ0v) is 64.6. The minimum Gasteiger partial charge on any atom is -0.361 e. The van der Waals surface area contributed by atoms with Gasteiger partial charge < -0.3 is 47.7 Å². The Hall–Kier alpha value is -5.50. The Morgan fingerprint density at radius 1 is 0.457 bits per heavy atom. The van der Waals surface area contributed by atoms with Gasteiger partial charge >= 0.3 is 0 Å². The number of ketones is 1. The van der Waals surface area contributed by atoms with Crippen LogP contribution in [0.1, 0.15) is 77.5 Å². The summed E-state index contributed by atoms with van der Waals surface area (Å²) in [5.41, 5.74) is 7.57. The van der Waals surface area contributed by atoms with Crippen LogP contribution in [0.3, 0.4) is 0 Å². The van der Waals surface area contributed by atoms with E-state index < -0.39 is 32.3 Å². The molecule has 0 aliphatic carbocycles. The van der Waals surface area contributed by atoms with E-state index in [1.165, 1.54) is 0 Å². The summed E-state index contributed by atoms with van der Waals surface area (Å²) in [4.78, 5) is 57.3. The topological polar surface area (TPSA) is 190 Å². The lowest BCUT2D eigenvalue weighted by atomic mass is 10.1. The smallest absolute Gasteiger partial charge is 0.237 e. The van der Waals surface area contributed by atoms with Gasteiger partial charge in [0.2, 0.25) is 5.78 Å². The van der Waals surface area contributed by atoms with Crippen LogP contribution in [0.2, 0.25) is 103 Å². The van der Waals surface area contributed by atoms with E-state index in [4.69, 9.17) is 59.0 Å². The molecule has 0 bridgehead atoms. The third-order valence-corrected chi connectivity index (χ3v) is 26.1. The number of carbonyl (C=O) groups is 1. The Morgan fingerprint density at radius 3 is 1.18 bits per heavy atom. The standard InChI is InChI=1S/C67H96Br2N16O5Si4/c1-91(2,3)31-27-87-43-82-55-41-80(39-51(55)72-66(82)59-49-21-19-47(68)35-53(49)84(76-59)45-89-29-33-93(7,8)9)64-61(70-37-57(74-64)78-23-15-13-16-24-78)63(86)62-65(75-58(38-71-62)79-25-17-14-18-26-79)81-40-52-56(42-81)83(44-88-28-32-92(4,5)6)67(73-52)60-50-22-20-48(69)36-54(50)85(77-60)46-90-30-34-94(10,11)12/h19-22,35-38H,13-18,23-34,39-46H2,1-12H3. The largest absolute Gasteiger partial charge is 0.361 e. The van der Waals surface area contributed by atoms with Crippen molar-refractivity contribution in [3.8, 4) is 23.0 Å². The summed E-state index contributed by atoms with van der Waals surface area (Å²) in [5, 5.41) is 12.5. The second-order valence-corrected chi connectivity index (χ2v) is 55.2. The number of halogens is 2. The lowest BCUT2D eigenvalue weighted by molar-refractivity contribution is 0.0813. The number of piperidine rings is 2. The number of hydrogen-bond donors (Lipinski definition) is 0. The van der Waals surface area contributed by atoms with E-state index >= 15 is 4.79 Å². The molecule has 504 valence electrons. The van der Waals surface area contributed by atoms with Crippen molar-refractivity contribution in [3.63, 3.8) is 0 Å².